The Hall–Kier alpha value is -2.10. The van der Waals surface area contributed by atoms with E-state index in [0.717, 1.165) is 24.0 Å². The lowest BCUT2D eigenvalue weighted by Crippen LogP contribution is -2.49. The molecule has 0 spiro atoms. The van der Waals surface area contributed by atoms with E-state index in [1.165, 1.54) is 6.42 Å². The van der Waals surface area contributed by atoms with Crippen LogP contribution in [-0.4, -0.2) is 15.6 Å². The summed E-state index contributed by atoms with van der Waals surface area (Å²) in [5, 5.41) is 0. The number of ether oxygens (including phenoxy) is 1. The molecule has 1 N–H and O–H groups in total. The first-order chi connectivity index (χ1) is 11.9. The molecule has 0 amide bonds. The van der Waals surface area contributed by atoms with Gasteiger partial charge in [0.1, 0.15) is 11.4 Å². The van der Waals surface area contributed by atoms with Crippen LogP contribution in [0.15, 0.2) is 35.1 Å². The quantitative estimate of drug-likeness (QED) is 0.899. The van der Waals surface area contributed by atoms with Crippen molar-refractivity contribution in [2.24, 2.45) is 11.8 Å². The number of fused-ring (bicyclic) bond motifs is 3. The summed E-state index contributed by atoms with van der Waals surface area (Å²) < 4.78 is 6.25. The monoisotopic (exact) mass is 338 g/mol. The first-order valence-corrected chi connectivity index (χ1v) is 9.30. The molecule has 1 fully saturated rings. The zero-order valence-electron chi connectivity index (χ0n) is 15.2. The Morgan fingerprint density at radius 3 is 2.76 bits per heavy atom. The summed E-state index contributed by atoms with van der Waals surface area (Å²) in [6.45, 7) is 6.57. The summed E-state index contributed by atoms with van der Waals surface area (Å²) in [4.78, 5) is 20.6. The number of nitrogens with one attached hydrogen (secondary N) is 1. The molecule has 1 aliphatic carbocycles. The second kappa shape index (κ2) is 6.01. The van der Waals surface area contributed by atoms with Crippen LogP contribution in [0.1, 0.15) is 62.9 Å². The fourth-order valence-corrected chi connectivity index (χ4v) is 4.64. The molecule has 0 bridgehead atoms. The number of aromatic nitrogens is 2. The highest BCUT2D eigenvalue weighted by Gasteiger charge is 2.47. The third-order valence-corrected chi connectivity index (χ3v) is 5.92. The standard InChI is InChI=1S/C21H26N2O2/c1-13-9-10-16-15(11-13)18-19(24)22-17(12-14-7-5-4-6-8-14)23-20(18)25-21(16,2)3/h4-8,13,15-16H,9-12H2,1-3H3,(H,22,23,24)/t13-,15?,16?/m1/s1. The van der Waals surface area contributed by atoms with Crippen molar-refractivity contribution in [2.75, 3.05) is 0 Å². The number of hydrogen-bond donors (Lipinski definition) is 1. The van der Waals surface area contributed by atoms with E-state index >= 15 is 0 Å². The molecular weight excluding hydrogens is 312 g/mol. The van der Waals surface area contributed by atoms with Crippen LogP contribution in [-0.2, 0) is 6.42 Å². The zero-order chi connectivity index (χ0) is 17.6. The van der Waals surface area contributed by atoms with E-state index in [2.05, 4.69) is 25.8 Å². The van der Waals surface area contributed by atoms with Gasteiger partial charge in [-0.2, -0.15) is 4.98 Å². The normalized spacial score (nSPS) is 27.1. The van der Waals surface area contributed by atoms with Crippen molar-refractivity contribution in [3.63, 3.8) is 0 Å². The number of nitrogens with zero attached hydrogens (tertiary/aromatic N) is 1. The second-order valence-electron chi connectivity index (χ2n) is 8.23. The molecule has 1 aliphatic heterocycles. The van der Waals surface area contributed by atoms with Crippen LogP contribution in [0.2, 0.25) is 0 Å². The molecule has 4 rings (SSSR count). The molecule has 1 aromatic heterocycles. The van der Waals surface area contributed by atoms with Gasteiger partial charge in [0.15, 0.2) is 0 Å². The lowest BCUT2D eigenvalue weighted by Gasteiger charge is -2.47. The van der Waals surface area contributed by atoms with Crippen LogP contribution in [0, 0.1) is 11.8 Å². The van der Waals surface area contributed by atoms with E-state index in [9.17, 15) is 4.79 Å². The van der Waals surface area contributed by atoms with Gasteiger partial charge in [0, 0.05) is 18.3 Å². The fourth-order valence-electron chi connectivity index (χ4n) is 4.64. The number of aromatic amines is 1. The summed E-state index contributed by atoms with van der Waals surface area (Å²) in [5.41, 5.74) is 1.61. The average Bonchev–Trinajstić information content (AvgIpc) is 2.54. The van der Waals surface area contributed by atoms with Gasteiger partial charge in [0.2, 0.25) is 5.88 Å². The van der Waals surface area contributed by atoms with E-state index in [-0.39, 0.29) is 17.1 Å². The van der Waals surface area contributed by atoms with Crippen LogP contribution < -0.4 is 10.3 Å². The minimum atomic E-state index is -0.275. The largest absolute Gasteiger partial charge is 0.471 e. The number of benzene rings is 1. The Morgan fingerprint density at radius 1 is 1.24 bits per heavy atom. The first kappa shape index (κ1) is 16.4. The van der Waals surface area contributed by atoms with Crippen LogP contribution in [0.5, 0.6) is 5.88 Å². The van der Waals surface area contributed by atoms with Crippen molar-refractivity contribution >= 4 is 0 Å². The van der Waals surface area contributed by atoms with Crippen molar-refractivity contribution < 1.29 is 4.74 Å². The Kier molecular flexibility index (Phi) is 3.94. The zero-order valence-corrected chi connectivity index (χ0v) is 15.2. The number of hydrogen-bond acceptors (Lipinski definition) is 3. The van der Waals surface area contributed by atoms with Gasteiger partial charge in [-0.05, 0) is 38.2 Å². The maximum atomic E-state index is 12.9. The molecule has 132 valence electrons. The van der Waals surface area contributed by atoms with Crippen LogP contribution in [0.4, 0.5) is 0 Å². The van der Waals surface area contributed by atoms with Gasteiger partial charge in [0.05, 0.1) is 5.56 Å². The minimum absolute atomic E-state index is 0.0180. The van der Waals surface area contributed by atoms with E-state index in [4.69, 9.17) is 9.72 Å². The fraction of sp³-hybridized carbons (Fsp3) is 0.524. The molecule has 3 atom stereocenters. The summed E-state index contributed by atoms with van der Waals surface area (Å²) >= 11 is 0. The van der Waals surface area contributed by atoms with Crippen LogP contribution in [0.25, 0.3) is 0 Å². The molecule has 4 heteroatoms. The molecule has 1 aromatic carbocycles. The smallest absolute Gasteiger partial charge is 0.258 e. The molecule has 0 saturated heterocycles. The molecule has 1 saturated carbocycles. The van der Waals surface area contributed by atoms with Crippen molar-refractivity contribution in [1.29, 1.82) is 0 Å². The van der Waals surface area contributed by atoms with Gasteiger partial charge in [-0.1, -0.05) is 43.7 Å². The first-order valence-electron chi connectivity index (χ1n) is 9.30. The number of H-pyrrole nitrogens is 1. The summed E-state index contributed by atoms with van der Waals surface area (Å²) in [6.07, 6.45) is 3.98. The third kappa shape index (κ3) is 2.99. The molecule has 2 aliphatic rings. The van der Waals surface area contributed by atoms with Gasteiger partial charge in [-0.15, -0.1) is 0 Å². The topological polar surface area (TPSA) is 55.0 Å². The summed E-state index contributed by atoms with van der Waals surface area (Å²) in [5.74, 6) is 2.51. The van der Waals surface area contributed by atoms with Gasteiger partial charge >= 0.3 is 0 Å². The minimum Gasteiger partial charge on any atom is -0.471 e. The lowest BCUT2D eigenvalue weighted by molar-refractivity contribution is -0.0187. The van der Waals surface area contributed by atoms with Crippen LogP contribution >= 0.6 is 0 Å². The molecule has 25 heavy (non-hydrogen) atoms. The third-order valence-electron chi connectivity index (χ3n) is 5.92. The Labute approximate surface area is 148 Å². The van der Waals surface area contributed by atoms with E-state index in [0.29, 0.717) is 30.0 Å². The van der Waals surface area contributed by atoms with E-state index in [1.54, 1.807) is 0 Å². The molecule has 2 unspecified atom stereocenters. The van der Waals surface area contributed by atoms with Gasteiger partial charge < -0.3 is 9.72 Å². The van der Waals surface area contributed by atoms with E-state index < -0.39 is 0 Å². The van der Waals surface area contributed by atoms with Crippen molar-refractivity contribution in [3.05, 3.63) is 57.6 Å². The molecular formula is C21H26N2O2. The highest BCUT2D eigenvalue weighted by molar-refractivity contribution is 5.34. The molecule has 4 nitrogen and oxygen atoms in total. The van der Waals surface area contributed by atoms with Gasteiger partial charge in [-0.3, -0.25) is 4.79 Å². The Bertz CT molecular complexity index is 826. The average molecular weight is 338 g/mol. The summed E-state index contributed by atoms with van der Waals surface area (Å²) in [7, 11) is 0. The van der Waals surface area contributed by atoms with Gasteiger partial charge in [0.25, 0.3) is 5.56 Å². The number of rotatable bonds is 2. The molecule has 2 aromatic rings. The Balaban J connectivity index is 1.74. The summed E-state index contributed by atoms with van der Waals surface area (Å²) in [6, 6.07) is 10.1. The van der Waals surface area contributed by atoms with E-state index in [1.807, 2.05) is 30.3 Å². The maximum absolute atomic E-state index is 12.9. The molecule has 0 radical (unpaired) electrons. The highest BCUT2D eigenvalue weighted by atomic mass is 16.5. The predicted octanol–water partition coefficient (Wildman–Crippen LogP) is 4.05. The van der Waals surface area contributed by atoms with Crippen LogP contribution in [0.3, 0.4) is 0 Å². The van der Waals surface area contributed by atoms with Crippen molar-refractivity contribution in [3.8, 4) is 5.88 Å². The SMILES string of the molecule is C[C@@H]1CCC2C(C1)c1c(nc(Cc3ccccc3)[nH]c1=O)OC2(C)C. The second-order valence-corrected chi connectivity index (χ2v) is 8.23. The lowest BCUT2D eigenvalue weighted by atomic mass is 9.65. The van der Waals surface area contributed by atoms with Crippen molar-refractivity contribution in [2.45, 2.75) is 58.0 Å². The Morgan fingerprint density at radius 2 is 2.00 bits per heavy atom. The van der Waals surface area contributed by atoms with Gasteiger partial charge in [-0.25, -0.2) is 0 Å². The predicted molar refractivity (Wildman–Crippen MR) is 98.1 cm³/mol. The maximum Gasteiger partial charge on any atom is 0.258 e. The highest BCUT2D eigenvalue weighted by Crippen LogP contribution is 2.50. The molecule has 2 heterocycles. The van der Waals surface area contributed by atoms with Crippen molar-refractivity contribution in [1.82, 2.24) is 9.97 Å².